The molecule has 8 heteroatoms. The highest BCUT2D eigenvalue weighted by Crippen LogP contribution is 2.27. The summed E-state index contributed by atoms with van der Waals surface area (Å²) in [5.74, 6) is -0.767. The van der Waals surface area contributed by atoms with Gasteiger partial charge in [0.2, 0.25) is 0 Å². The summed E-state index contributed by atoms with van der Waals surface area (Å²) in [5.41, 5.74) is 4.14. The Balaban J connectivity index is 1.23. The number of aromatic nitrogens is 3. The summed E-state index contributed by atoms with van der Waals surface area (Å²) in [6.07, 6.45) is 5.43. The normalized spacial score (nSPS) is 11.1. The standard InChI is InChI=1S/C28H22ClFN4O2/c29-23-16-32-24-9-8-21(27(30)26(23)24)15-33-28(36)20-10-11-31-22(14-20)13-18-4-6-19(7-5-18)17-34-12-2-1-3-25(34)35/h1-12,14,16,32H,13,15,17H2,(H,33,36). The van der Waals surface area contributed by atoms with Gasteiger partial charge in [-0.05, 0) is 35.4 Å². The van der Waals surface area contributed by atoms with Gasteiger partial charge in [0, 0.05) is 60.0 Å². The number of pyridine rings is 2. The fourth-order valence-corrected chi connectivity index (χ4v) is 4.32. The number of carbonyl (C=O) groups is 1. The van der Waals surface area contributed by atoms with Crippen molar-refractivity contribution in [3.05, 3.63) is 134 Å². The van der Waals surface area contributed by atoms with Crippen LogP contribution in [0, 0.1) is 5.82 Å². The molecule has 5 aromatic rings. The van der Waals surface area contributed by atoms with Crippen molar-refractivity contribution < 1.29 is 9.18 Å². The highest BCUT2D eigenvalue weighted by molar-refractivity contribution is 6.35. The molecule has 0 saturated carbocycles. The smallest absolute Gasteiger partial charge is 0.251 e. The van der Waals surface area contributed by atoms with E-state index in [4.69, 9.17) is 11.6 Å². The van der Waals surface area contributed by atoms with Crippen molar-refractivity contribution >= 4 is 28.4 Å². The molecule has 0 bridgehead atoms. The van der Waals surface area contributed by atoms with Crippen LogP contribution in [0.3, 0.4) is 0 Å². The summed E-state index contributed by atoms with van der Waals surface area (Å²) in [4.78, 5) is 31.9. The number of amides is 1. The molecule has 180 valence electrons. The van der Waals surface area contributed by atoms with Gasteiger partial charge >= 0.3 is 0 Å². The second kappa shape index (κ2) is 10.2. The average Bonchev–Trinajstić information content (AvgIpc) is 3.27. The van der Waals surface area contributed by atoms with E-state index in [0.29, 0.717) is 40.0 Å². The van der Waals surface area contributed by atoms with Gasteiger partial charge in [-0.2, -0.15) is 0 Å². The maximum Gasteiger partial charge on any atom is 0.251 e. The number of nitrogens with one attached hydrogen (secondary N) is 2. The molecular weight excluding hydrogens is 479 g/mol. The number of hydrogen-bond donors (Lipinski definition) is 2. The van der Waals surface area contributed by atoms with Gasteiger partial charge in [0.1, 0.15) is 5.82 Å². The molecule has 0 unspecified atom stereocenters. The molecule has 6 nitrogen and oxygen atoms in total. The Morgan fingerprint density at radius 1 is 1.06 bits per heavy atom. The van der Waals surface area contributed by atoms with Crippen LogP contribution in [0.4, 0.5) is 4.39 Å². The van der Waals surface area contributed by atoms with E-state index in [1.54, 1.807) is 47.3 Å². The molecule has 5 rings (SSSR count). The Labute approximate surface area is 211 Å². The molecule has 2 aromatic carbocycles. The van der Waals surface area contributed by atoms with Gasteiger partial charge in [0.15, 0.2) is 0 Å². The zero-order valence-corrected chi connectivity index (χ0v) is 19.9. The van der Waals surface area contributed by atoms with Gasteiger partial charge in [-0.25, -0.2) is 4.39 Å². The van der Waals surface area contributed by atoms with E-state index in [1.807, 2.05) is 30.3 Å². The predicted molar refractivity (Wildman–Crippen MR) is 138 cm³/mol. The Hall–Kier alpha value is -4.23. The second-order valence-corrected chi connectivity index (χ2v) is 8.88. The first kappa shape index (κ1) is 23.5. The third-order valence-corrected chi connectivity index (χ3v) is 6.29. The SMILES string of the molecule is O=C(NCc1ccc2[nH]cc(Cl)c2c1F)c1ccnc(Cc2ccc(Cn3ccccc3=O)cc2)c1. The molecule has 3 heterocycles. The van der Waals surface area contributed by atoms with Crippen LogP contribution in [0.15, 0.2) is 90.1 Å². The van der Waals surface area contributed by atoms with E-state index >= 15 is 0 Å². The van der Waals surface area contributed by atoms with Crippen LogP contribution in [-0.2, 0) is 19.5 Å². The van der Waals surface area contributed by atoms with Crippen LogP contribution in [0.25, 0.3) is 10.9 Å². The van der Waals surface area contributed by atoms with Crippen molar-refractivity contribution in [3.8, 4) is 0 Å². The van der Waals surface area contributed by atoms with Crippen LogP contribution >= 0.6 is 11.6 Å². The third kappa shape index (κ3) is 5.06. The van der Waals surface area contributed by atoms with Crippen LogP contribution in [0.1, 0.15) is 32.7 Å². The minimum atomic E-state index is -0.449. The summed E-state index contributed by atoms with van der Waals surface area (Å²) in [6, 6.07) is 19.7. The lowest BCUT2D eigenvalue weighted by Crippen LogP contribution is -2.23. The van der Waals surface area contributed by atoms with Crippen molar-refractivity contribution in [2.75, 3.05) is 0 Å². The van der Waals surface area contributed by atoms with Crippen molar-refractivity contribution in [1.29, 1.82) is 0 Å². The van der Waals surface area contributed by atoms with Crippen LogP contribution < -0.4 is 10.9 Å². The van der Waals surface area contributed by atoms with E-state index in [0.717, 1.165) is 16.8 Å². The lowest BCUT2D eigenvalue weighted by molar-refractivity contribution is 0.0950. The largest absolute Gasteiger partial charge is 0.360 e. The Kier molecular flexibility index (Phi) is 6.64. The van der Waals surface area contributed by atoms with Gasteiger partial charge < -0.3 is 14.9 Å². The first-order valence-corrected chi connectivity index (χ1v) is 11.8. The number of aromatic amines is 1. The van der Waals surface area contributed by atoms with Crippen LogP contribution in [0.5, 0.6) is 0 Å². The highest BCUT2D eigenvalue weighted by Gasteiger charge is 2.14. The van der Waals surface area contributed by atoms with E-state index in [2.05, 4.69) is 15.3 Å². The van der Waals surface area contributed by atoms with Gasteiger partial charge in [0.25, 0.3) is 11.5 Å². The quantitative estimate of drug-likeness (QED) is 0.327. The first-order valence-electron chi connectivity index (χ1n) is 11.4. The van der Waals surface area contributed by atoms with E-state index in [-0.39, 0.29) is 18.0 Å². The number of rotatable bonds is 7. The molecule has 0 fully saturated rings. The molecule has 36 heavy (non-hydrogen) atoms. The van der Waals surface area contributed by atoms with Crippen molar-refractivity contribution in [2.24, 2.45) is 0 Å². The number of carbonyl (C=O) groups excluding carboxylic acids is 1. The monoisotopic (exact) mass is 500 g/mol. The van der Waals surface area contributed by atoms with E-state index in [9.17, 15) is 14.0 Å². The average molecular weight is 501 g/mol. The summed E-state index contributed by atoms with van der Waals surface area (Å²) >= 11 is 6.06. The van der Waals surface area contributed by atoms with Crippen LogP contribution in [0.2, 0.25) is 5.02 Å². The molecule has 0 radical (unpaired) electrons. The molecule has 2 N–H and O–H groups in total. The van der Waals surface area contributed by atoms with E-state index in [1.165, 1.54) is 12.3 Å². The minimum Gasteiger partial charge on any atom is -0.360 e. The minimum absolute atomic E-state index is 0.0335. The van der Waals surface area contributed by atoms with Gasteiger partial charge in [0.05, 0.1) is 17.0 Å². The number of halogens is 2. The molecule has 0 spiro atoms. The summed E-state index contributed by atoms with van der Waals surface area (Å²) < 4.78 is 16.5. The number of nitrogens with zero attached hydrogens (tertiary/aromatic N) is 2. The third-order valence-electron chi connectivity index (χ3n) is 5.99. The maximum atomic E-state index is 14.8. The summed E-state index contributed by atoms with van der Waals surface area (Å²) in [5, 5.41) is 3.39. The fraction of sp³-hybridized carbons (Fsp3) is 0.107. The summed E-state index contributed by atoms with van der Waals surface area (Å²) in [7, 11) is 0. The predicted octanol–water partition coefficient (Wildman–Crippen LogP) is 5.09. The van der Waals surface area contributed by atoms with Crippen molar-refractivity contribution in [3.63, 3.8) is 0 Å². The zero-order chi connectivity index (χ0) is 25.1. The molecule has 0 aliphatic rings. The maximum absolute atomic E-state index is 14.8. The fourth-order valence-electron chi connectivity index (χ4n) is 4.08. The lowest BCUT2D eigenvalue weighted by Gasteiger charge is -2.09. The number of H-pyrrole nitrogens is 1. The molecule has 0 aliphatic heterocycles. The molecule has 0 aliphatic carbocycles. The lowest BCUT2D eigenvalue weighted by atomic mass is 10.1. The highest BCUT2D eigenvalue weighted by atomic mass is 35.5. The van der Waals surface area contributed by atoms with Crippen LogP contribution in [-0.4, -0.2) is 20.4 Å². The van der Waals surface area contributed by atoms with E-state index < -0.39 is 5.82 Å². The van der Waals surface area contributed by atoms with Crippen molar-refractivity contribution in [1.82, 2.24) is 19.9 Å². The van der Waals surface area contributed by atoms with Crippen molar-refractivity contribution in [2.45, 2.75) is 19.5 Å². The second-order valence-electron chi connectivity index (χ2n) is 8.48. The molecule has 1 amide bonds. The van der Waals surface area contributed by atoms with Gasteiger partial charge in [-0.1, -0.05) is 48.0 Å². The number of fused-ring (bicyclic) bond motifs is 1. The van der Waals surface area contributed by atoms with Gasteiger partial charge in [-0.3, -0.25) is 14.6 Å². The summed E-state index contributed by atoms with van der Waals surface area (Å²) in [6.45, 7) is 0.531. The zero-order valence-electron chi connectivity index (χ0n) is 19.2. The first-order chi connectivity index (χ1) is 17.5. The molecule has 0 saturated heterocycles. The molecule has 3 aromatic heterocycles. The Morgan fingerprint density at radius 3 is 2.67 bits per heavy atom. The molecule has 0 atom stereocenters. The molecular formula is C28H22ClFN4O2. The Bertz CT molecular complexity index is 1610. The number of benzene rings is 2. The Morgan fingerprint density at radius 2 is 1.86 bits per heavy atom. The van der Waals surface area contributed by atoms with Gasteiger partial charge in [-0.15, -0.1) is 0 Å². The number of hydrogen-bond acceptors (Lipinski definition) is 3. The topological polar surface area (TPSA) is 79.8 Å².